The summed E-state index contributed by atoms with van der Waals surface area (Å²) in [4.78, 5) is 0. The van der Waals surface area contributed by atoms with Crippen LogP contribution >= 0.6 is 0 Å². The molecule has 0 aromatic rings. The smallest absolute Gasteiger partial charge is 0.158 e. The molecule has 0 N–H and O–H groups in total. The van der Waals surface area contributed by atoms with Gasteiger partial charge in [-0.1, -0.05) is 33.6 Å². The number of hydrogen-bond donors (Lipinski definition) is 0. The maximum atomic E-state index is 6.46. The van der Waals surface area contributed by atoms with Crippen LogP contribution in [0.1, 0.15) is 78.6 Å². The SMILES string of the molecule is CCC(C)(C)CC1OC2CCC(O1)C1CCCC2CC1. The van der Waals surface area contributed by atoms with Crippen LogP contribution in [-0.4, -0.2) is 18.5 Å². The Morgan fingerprint density at radius 2 is 1.40 bits per heavy atom. The molecule has 4 unspecified atom stereocenters. The molecule has 3 rings (SSSR count). The standard InChI is InChI=1S/C18H32O2/c1-4-18(2,3)12-17-19-15-10-11-16(20-17)14-7-5-6-13(15)8-9-14/h13-17H,4-12H2,1-3H3. The topological polar surface area (TPSA) is 18.5 Å². The lowest BCUT2D eigenvalue weighted by Gasteiger charge is -2.33. The van der Waals surface area contributed by atoms with Crippen molar-refractivity contribution in [1.82, 2.24) is 0 Å². The van der Waals surface area contributed by atoms with Crippen LogP contribution in [0.5, 0.6) is 0 Å². The minimum atomic E-state index is 0.0450. The molecule has 1 saturated heterocycles. The van der Waals surface area contributed by atoms with Crippen molar-refractivity contribution in [2.75, 3.05) is 0 Å². The van der Waals surface area contributed by atoms with Gasteiger partial charge in [-0.25, -0.2) is 0 Å². The van der Waals surface area contributed by atoms with Crippen molar-refractivity contribution in [2.24, 2.45) is 17.3 Å². The Bertz CT molecular complexity index is 303. The molecule has 0 spiro atoms. The second-order valence-electron chi connectivity index (χ2n) is 8.11. The van der Waals surface area contributed by atoms with Gasteiger partial charge in [-0.05, 0) is 55.8 Å². The van der Waals surface area contributed by atoms with Crippen LogP contribution in [0.3, 0.4) is 0 Å². The van der Waals surface area contributed by atoms with Gasteiger partial charge in [0.15, 0.2) is 6.29 Å². The van der Waals surface area contributed by atoms with Crippen molar-refractivity contribution in [3.63, 3.8) is 0 Å². The van der Waals surface area contributed by atoms with E-state index in [9.17, 15) is 0 Å². The molecule has 2 saturated carbocycles. The second kappa shape index (κ2) is 5.96. The highest BCUT2D eigenvalue weighted by Gasteiger charge is 2.40. The van der Waals surface area contributed by atoms with Crippen molar-refractivity contribution >= 4 is 0 Å². The summed E-state index contributed by atoms with van der Waals surface area (Å²) in [5, 5.41) is 0. The molecule has 2 aliphatic carbocycles. The van der Waals surface area contributed by atoms with E-state index in [0.29, 0.717) is 17.6 Å². The summed E-state index contributed by atoms with van der Waals surface area (Å²) in [7, 11) is 0. The molecule has 0 radical (unpaired) electrons. The van der Waals surface area contributed by atoms with E-state index in [-0.39, 0.29) is 6.29 Å². The van der Waals surface area contributed by atoms with Gasteiger partial charge >= 0.3 is 0 Å². The molecule has 116 valence electrons. The summed E-state index contributed by atoms with van der Waals surface area (Å²) in [6, 6.07) is 0. The van der Waals surface area contributed by atoms with E-state index in [1.165, 1.54) is 51.4 Å². The highest BCUT2D eigenvalue weighted by molar-refractivity contribution is 4.87. The van der Waals surface area contributed by atoms with Crippen molar-refractivity contribution in [3.05, 3.63) is 0 Å². The molecule has 1 aliphatic heterocycles. The Morgan fingerprint density at radius 3 is 1.90 bits per heavy atom. The Labute approximate surface area is 124 Å². The molecule has 0 aromatic carbocycles. The Morgan fingerprint density at radius 1 is 0.850 bits per heavy atom. The van der Waals surface area contributed by atoms with Crippen LogP contribution < -0.4 is 0 Å². The molecule has 2 heteroatoms. The molecule has 2 nitrogen and oxygen atoms in total. The van der Waals surface area contributed by atoms with E-state index in [1.807, 2.05) is 0 Å². The summed E-state index contributed by atoms with van der Waals surface area (Å²) in [5.41, 5.74) is 0.327. The highest BCUT2D eigenvalue weighted by Crippen LogP contribution is 2.43. The number of fused-ring (bicyclic) bond motifs is 8. The van der Waals surface area contributed by atoms with Crippen LogP contribution in [0, 0.1) is 17.3 Å². The third-order valence-corrected chi connectivity index (χ3v) is 6.17. The monoisotopic (exact) mass is 280 g/mol. The van der Waals surface area contributed by atoms with Crippen LogP contribution in [0.15, 0.2) is 0 Å². The third-order valence-electron chi connectivity index (χ3n) is 6.17. The zero-order chi connectivity index (χ0) is 14.2. The van der Waals surface area contributed by atoms with E-state index in [2.05, 4.69) is 20.8 Å². The lowest BCUT2D eigenvalue weighted by molar-refractivity contribution is -0.203. The van der Waals surface area contributed by atoms with Crippen LogP contribution in [-0.2, 0) is 9.47 Å². The van der Waals surface area contributed by atoms with Gasteiger partial charge in [0.05, 0.1) is 12.2 Å². The highest BCUT2D eigenvalue weighted by atomic mass is 16.7. The Kier molecular flexibility index (Phi) is 4.42. The predicted molar refractivity (Wildman–Crippen MR) is 81.5 cm³/mol. The first-order valence-corrected chi connectivity index (χ1v) is 8.88. The zero-order valence-electron chi connectivity index (χ0n) is 13.6. The molecule has 4 atom stereocenters. The van der Waals surface area contributed by atoms with Gasteiger partial charge in [0.1, 0.15) is 0 Å². The summed E-state index contributed by atoms with van der Waals surface area (Å²) in [6.45, 7) is 6.96. The van der Waals surface area contributed by atoms with Crippen molar-refractivity contribution in [3.8, 4) is 0 Å². The lowest BCUT2D eigenvalue weighted by atomic mass is 9.84. The van der Waals surface area contributed by atoms with Gasteiger partial charge in [0, 0.05) is 6.42 Å². The first kappa shape index (κ1) is 14.8. The fraction of sp³-hybridized carbons (Fsp3) is 1.00. The van der Waals surface area contributed by atoms with E-state index in [0.717, 1.165) is 18.3 Å². The first-order chi connectivity index (χ1) is 9.57. The third kappa shape index (κ3) is 3.22. The minimum absolute atomic E-state index is 0.0450. The molecule has 0 aromatic heterocycles. The van der Waals surface area contributed by atoms with E-state index in [4.69, 9.17) is 9.47 Å². The zero-order valence-corrected chi connectivity index (χ0v) is 13.6. The second-order valence-corrected chi connectivity index (χ2v) is 8.11. The molecule has 20 heavy (non-hydrogen) atoms. The maximum absolute atomic E-state index is 6.46. The average Bonchev–Trinajstić information content (AvgIpc) is 2.71. The van der Waals surface area contributed by atoms with Crippen molar-refractivity contribution < 1.29 is 9.47 Å². The predicted octanol–water partition coefficient (Wildman–Crippen LogP) is 4.91. The lowest BCUT2D eigenvalue weighted by Crippen LogP contribution is -2.32. The Balaban J connectivity index is 1.77. The largest absolute Gasteiger partial charge is 0.349 e. The van der Waals surface area contributed by atoms with Crippen molar-refractivity contribution in [1.29, 1.82) is 0 Å². The first-order valence-electron chi connectivity index (χ1n) is 8.88. The van der Waals surface area contributed by atoms with Gasteiger partial charge in [-0.3, -0.25) is 0 Å². The summed E-state index contributed by atoms with van der Waals surface area (Å²) in [5.74, 6) is 1.60. The minimum Gasteiger partial charge on any atom is -0.349 e. The molecule has 0 amide bonds. The number of hydrogen-bond acceptors (Lipinski definition) is 2. The fourth-order valence-corrected chi connectivity index (χ4v) is 4.37. The summed E-state index contributed by atoms with van der Waals surface area (Å²) in [6.07, 6.45) is 12.6. The fourth-order valence-electron chi connectivity index (χ4n) is 4.37. The molecule has 4 bridgehead atoms. The van der Waals surface area contributed by atoms with Crippen LogP contribution in [0.4, 0.5) is 0 Å². The summed E-state index contributed by atoms with van der Waals surface area (Å²) >= 11 is 0. The van der Waals surface area contributed by atoms with E-state index in [1.54, 1.807) is 0 Å². The molecular formula is C18H32O2. The van der Waals surface area contributed by atoms with Gasteiger partial charge in [0.2, 0.25) is 0 Å². The normalized spacial score (nSPS) is 41.9. The number of rotatable bonds is 3. The van der Waals surface area contributed by atoms with Gasteiger partial charge in [-0.15, -0.1) is 0 Å². The Hall–Kier alpha value is -0.0800. The van der Waals surface area contributed by atoms with Gasteiger partial charge in [-0.2, -0.15) is 0 Å². The van der Waals surface area contributed by atoms with Crippen LogP contribution in [0.25, 0.3) is 0 Å². The van der Waals surface area contributed by atoms with Crippen molar-refractivity contribution in [2.45, 2.75) is 97.1 Å². The molecule has 1 heterocycles. The average molecular weight is 280 g/mol. The molecule has 3 aliphatic rings. The maximum Gasteiger partial charge on any atom is 0.158 e. The quantitative estimate of drug-likeness (QED) is 0.684. The number of ether oxygens (including phenoxy) is 2. The van der Waals surface area contributed by atoms with E-state index >= 15 is 0 Å². The van der Waals surface area contributed by atoms with Gasteiger partial charge in [0.25, 0.3) is 0 Å². The van der Waals surface area contributed by atoms with Crippen LogP contribution in [0.2, 0.25) is 0 Å². The molecule has 3 fully saturated rings. The summed E-state index contributed by atoms with van der Waals surface area (Å²) < 4.78 is 12.9. The van der Waals surface area contributed by atoms with Gasteiger partial charge < -0.3 is 9.47 Å². The van der Waals surface area contributed by atoms with E-state index < -0.39 is 0 Å². The molecular weight excluding hydrogens is 248 g/mol.